The van der Waals surface area contributed by atoms with Crippen LogP contribution < -0.4 is 16.4 Å². The van der Waals surface area contributed by atoms with E-state index in [4.69, 9.17) is 5.73 Å². The van der Waals surface area contributed by atoms with Crippen molar-refractivity contribution in [3.8, 4) is 0 Å². The summed E-state index contributed by atoms with van der Waals surface area (Å²) >= 11 is 0. The lowest BCUT2D eigenvalue weighted by atomic mass is 10.1. The van der Waals surface area contributed by atoms with Crippen molar-refractivity contribution >= 4 is 23.1 Å². The van der Waals surface area contributed by atoms with Crippen LogP contribution >= 0.6 is 0 Å². The third-order valence-corrected chi connectivity index (χ3v) is 4.12. The predicted molar refractivity (Wildman–Crippen MR) is 107 cm³/mol. The topological polar surface area (TPSA) is 100 Å². The number of para-hydroxylation sites is 1. The first-order valence-electron chi connectivity index (χ1n) is 8.69. The summed E-state index contributed by atoms with van der Waals surface area (Å²) in [5, 5.41) is 16.2. The van der Waals surface area contributed by atoms with Gasteiger partial charge in [0.05, 0.1) is 23.9 Å². The highest BCUT2D eigenvalue weighted by molar-refractivity contribution is 5.98. The SMILES string of the molecule is NC(=O)c1cnc(Nc2ccccc2)cc1N[C@H](CO)Cc1ccccc1. The number of primary amides is 1. The Hall–Kier alpha value is -3.38. The molecule has 6 nitrogen and oxygen atoms in total. The number of rotatable bonds is 8. The summed E-state index contributed by atoms with van der Waals surface area (Å²) in [7, 11) is 0. The highest BCUT2D eigenvalue weighted by Gasteiger charge is 2.15. The van der Waals surface area contributed by atoms with Crippen LogP contribution in [0.5, 0.6) is 0 Å². The van der Waals surface area contributed by atoms with Gasteiger partial charge in [0, 0.05) is 18.0 Å². The van der Waals surface area contributed by atoms with Crippen LogP contribution in [0.3, 0.4) is 0 Å². The number of pyridine rings is 1. The number of carbonyl (C=O) groups excluding carboxylic acids is 1. The van der Waals surface area contributed by atoms with Gasteiger partial charge < -0.3 is 21.5 Å². The lowest BCUT2D eigenvalue weighted by molar-refractivity contribution is 0.100. The van der Waals surface area contributed by atoms with Crippen molar-refractivity contribution in [1.82, 2.24) is 4.98 Å². The van der Waals surface area contributed by atoms with Gasteiger partial charge in [-0.2, -0.15) is 0 Å². The number of nitrogens with two attached hydrogens (primary N) is 1. The number of nitrogens with zero attached hydrogens (tertiary/aromatic N) is 1. The number of amides is 1. The monoisotopic (exact) mass is 362 g/mol. The van der Waals surface area contributed by atoms with Crippen LogP contribution in [0, 0.1) is 0 Å². The molecule has 0 aliphatic carbocycles. The van der Waals surface area contributed by atoms with E-state index in [2.05, 4.69) is 15.6 Å². The van der Waals surface area contributed by atoms with E-state index in [1.165, 1.54) is 6.20 Å². The van der Waals surface area contributed by atoms with Crippen LogP contribution in [0.1, 0.15) is 15.9 Å². The number of anilines is 3. The Bertz CT molecular complexity index is 885. The molecular formula is C21H22N4O2. The van der Waals surface area contributed by atoms with E-state index in [0.717, 1.165) is 11.3 Å². The fourth-order valence-electron chi connectivity index (χ4n) is 2.79. The van der Waals surface area contributed by atoms with Gasteiger partial charge in [-0.25, -0.2) is 4.98 Å². The van der Waals surface area contributed by atoms with Crippen LogP contribution in [-0.2, 0) is 6.42 Å². The first-order chi connectivity index (χ1) is 13.2. The van der Waals surface area contributed by atoms with Gasteiger partial charge in [0.15, 0.2) is 0 Å². The van der Waals surface area contributed by atoms with Crippen molar-refractivity contribution in [3.05, 3.63) is 84.1 Å². The zero-order valence-electron chi connectivity index (χ0n) is 14.8. The fraction of sp³-hybridized carbons (Fsp3) is 0.143. The molecule has 138 valence electrons. The minimum atomic E-state index is -0.576. The number of carbonyl (C=O) groups is 1. The molecule has 5 N–H and O–H groups in total. The molecule has 2 aromatic carbocycles. The first-order valence-corrected chi connectivity index (χ1v) is 8.69. The maximum Gasteiger partial charge on any atom is 0.252 e. The highest BCUT2D eigenvalue weighted by Crippen LogP contribution is 2.22. The molecule has 0 aliphatic rings. The van der Waals surface area contributed by atoms with Crippen molar-refractivity contribution in [3.63, 3.8) is 0 Å². The van der Waals surface area contributed by atoms with Gasteiger partial charge in [-0.3, -0.25) is 4.79 Å². The molecule has 0 saturated heterocycles. The number of nitrogens with one attached hydrogen (secondary N) is 2. The maximum atomic E-state index is 11.8. The number of aliphatic hydroxyl groups is 1. The Morgan fingerprint density at radius 3 is 2.37 bits per heavy atom. The van der Waals surface area contributed by atoms with Crippen LogP contribution in [0.4, 0.5) is 17.2 Å². The zero-order chi connectivity index (χ0) is 19.1. The molecule has 0 bridgehead atoms. The van der Waals surface area contributed by atoms with Gasteiger partial charge in [-0.1, -0.05) is 48.5 Å². The first kappa shape index (κ1) is 18.4. The van der Waals surface area contributed by atoms with E-state index in [-0.39, 0.29) is 18.2 Å². The van der Waals surface area contributed by atoms with Crippen molar-refractivity contribution in [1.29, 1.82) is 0 Å². The molecule has 0 spiro atoms. The number of hydrogen-bond acceptors (Lipinski definition) is 5. The van der Waals surface area contributed by atoms with E-state index >= 15 is 0 Å². The third kappa shape index (κ3) is 5.05. The Labute approximate surface area is 158 Å². The fourth-order valence-corrected chi connectivity index (χ4v) is 2.79. The summed E-state index contributed by atoms with van der Waals surface area (Å²) < 4.78 is 0. The van der Waals surface area contributed by atoms with Crippen LogP contribution in [-0.4, -0.2) is 28.6 Å². The average Bonchev–Trinajstić information content (AvgIpc) is 2.69. The van der Waals surface area contributed by atoms with Crippen LogP contribution in [0.2, 0.25) is 0 Å². The molecular weight excluding hydrogens is 340 g/mol. The van der Waals surface area contributed by atoms with Crippen molar-refractivity contribution in [2.75, 3.05) is 17.2 Å². The van der Waals surface area contributed by atoms with Crippen molar-refractivity contribution in [2.24, 2.45) is 5.73 Å². The summed E-state index contributed by atoms with van der Waals surface area (Å²) in [4.78, 5) is 16.0. The molecule has 3 rings (SSSR count). The van der Waals surface area contributed by atoms with Crippen LogP contribution in [0.15, 0.2) is 72.9 Å². The molecule has 1 aromatic heterocycles. The largest absolute Gasteiger partial charge is 0.394 e. The van der Waals surface area contributed by atoms with Gasteiger partial charge in [0.2, 0.25) is 0 Å². The lowest BCUT2D eigenvalue weighted by Crippen LogP contribution is -2.28. The normalized spacial score (nSPS) is 11.6. The number of hydrogen-bond donors (Lipinski definition) is 4. The number of aliphatic hydroxyl groups excluding tert-OH is 1. The molecule has 27 heavy (non-hydrogen) atoms. The Balaban J connectivity index is 1.82. The molecule has 1 amide bonds. The standard InChI is InChI=1S/C21H22N4O2/c22-21(27)18-13-23-20(25-16-9-5-2-6-10-16)12-19(18)24-17(14-26)11-15-7-3-1-4-8-15/h1-10,12-13,17,26H,11,14H2,(H2,22,27)(H2,23,24,25)/t17-/m0/s1. The van der Waals surface area contributed by atoms with Gasteiger partial charge >= 0.3 is 0 Å². The molecule has 6 heteroatoms. The highest BCUT2D eigenvalue weighted by atomic mass is 16.3. The number of aromatic nitrogens is 1. The third-order valence-electron chi connectivity index (χ3n) is 4.12. The Morgan fingerprint density at radius 1 is 1.07 bits per heavy atom. The van der Waals surface area contributed by atoms with Gasteiger partial charge in [-0.05, 0) is 24.1 Å². The van der Waals surface area contributed by atoms with Crippen molar-refractivity contribution in [2.45, 2.75) is 12.5 Å². The quantitative estimate of drug-likeness (QED) is 0.494. The molecule has 1 heterocycles. The summed E-state index contributed by atoms with van der Waals surface area (Å²) in [5.41, 5.74) is 8.26. The molecule has 0 fully saturated rings. The molecule has 0 unspecified atom stereocenters. The van der Waals surface area contributed by atoms with Crippen LogP contribution in [0.25, 0.3) is 0 Å². The molecule has 0 saturated carbocycles. The summed E-state index contributed by atoms with van der Waals surface area (Å²) in [5.74, 6) is -0.00207. The molecule has 1 atom stereocenters. The van der Waals surface area contributed by atoms with E-state index in [1.54, 1.807) is 6.07 Å². The van der Waals surface area contributed by atoms with E-state index < -0.39 is 5.91 Å². The second-order valence-corrected chi connectivity index (χ2v) is 6.18. The zero-order valence-corrected chi connectivity index (χ0v) is 14.8. The van der Waals surface area contributed by atoms with Crippen molar-refractivity contribution < 1.29 is 9.90 Å². The summed E-state index contributed by atoms with van der Waals surface area (Å²) in [6, 6.07) is 20.9. The second-order valence-electron chi connectivity index (χ2n) is 6.18. The summed E-state index contributed by atoms with van der Waals surface area (Å²) in [6.07, 6.45) is 2.05. The van der Waals surface area contributed by atoms with E-state index in [9.17, 15) is 9.90 Å². The molecule has 0 radical (unpaired) electrons. The predicted octanol–water partition coefficient (Wildman–Crippen LogP) is 2.94. The Morgan fingerprint density at radius 2 is 1.74 bits per heavy atom. The lowest BCUT2D eigenvalue weighted by Gasteiger charge is -2.20. The molecule has 3 aromatic rings. The number of benzene rings is 2. The van der Waals surface area contributed by atoms with E-state index in [0.29, 0.717) is 17.9 Å². The smallest absolute Gasteiger partial charge is 0.252 e. The minimum Gasteiger partial charge on any atom is -0.394 e. The maximum absolute atomic E-state index is 11.8. The van der Waals surface area contributed by atoms with Gasteiger partial charge in [-0.15, -0.1) is 0 Å². The summed E-state index contributed by atoms with van der Waals surface area (Å²) in [6.45, 7) is -0.0864. The molecule has 0 aliphatic heterocycles. The van der Waals surface area contributed by atoms with E-state index in [1.807, 2.05) is 60.7 Å². The second kappa shape index (κ2) is 8.82. The average molecular weight is 362 g/mol. The van der Waals surface area contributed by atoms with Gasteiger partial charge in [0.1, 0.15) is 5.82 Å². The minimum absolute atomic E-state index is 0.0864. The Kier molecular flexibility index (Phi) is 6.02. The van der Waals surface area contributed by atoms with Gasteiger partial charge in [0.25, 0.3) is 5.91 Å².